The second kappa shape index (κ2) is 7.22. The van der Waals surface area contributed by atoms with Crippen molar-refractivity contribution in [1.29, 1.82) is 5.26 Å². The van der Waals surface area contributed by atoms with E-state index in [2.05, 4.69) is 36.3 Å². The standard InChI is InChI=1S/C20H19FN8/c21-15-4-1-5-16(11-15)29-25-19(24-26-29)18-7-6-17-13-27(9-10-28(17)18)20-14(12-22)3-2-8-23-20/h1-5,8,11,17-18H,6-7,9-10,13H2/t17-,18+/m0/s1. The van der Waals surface area contributed by atoms with Crippen LogP contribution in [-0.2, 0) is 0 Å². The number of halogens is 1. The zero-order valence-corrected chi connectivity index (χ0v) is 15.7. The van der Waals surface area contributed by atoms with Crippen LogP contribution in [-0.4, -0.2) is 55.8 Å². The minimum Gasteiger partial charge on any atom is -0.353 e. The van der Waals surface area contributed by atoms with E-state index in [-0.39, 0.29) is 11.9 Å². The molecule has 4 heterocycles. The lowest BCUT2D eigenvalue weighted by molar-refractivity contribution is 0.170. The first-order valence-electron chi connectivity index (χ1n) is 9.64. The molecule has 2 aromatic heterocycles. The van der Waals surface area contributed by atoms with Crippen LogP contribution >= 0.6 is 0 Å². The van der Waals surface area contributed by atoms with Crippen molar-refractivity contribution in [2.45, 2.75) is 24.9 Å². The first-order chi connectivity index (χ1) is 14.2. The molecular formula is C20H19FN8. The van der Waals surface area contributed by atoms with Crippen molar-refractivity contribution in [3.63, 3.8) is 0 Å². The maximum atomic E-state index is 13.5. The molecule has 2 aliphatic rings. The van der Waals surface area contributed by atoms with Gasteiger partial charge in [-0.1, -0.05) is 6.07 Å². The molecule has 2 atom stereocenters. The van der Waals surface area contributed by atoms with Gasteiger partial charge in [0.15, 0.2) is 5.82 Å². The lowest BCUT2D eigenvalue weighted by Gasteiger charge is -2.40. The smallest absolute Gasteiger partial charge is 0.192 e. The molecule has 9 heteroatoms. The van der Waals surface area contributed by atoms with Crippen molar-refractivity contribution in [2.24, 2.45) is 0 Å². The molecule has 2 aliphatic heterocycles. The van der Waals surface area contributed by atoms with Gasteiger partial charge in [0.2, 0.25) is 0 Å². The van der Waals surface area contributed by atoms with Gasteiger partial charge in [-0.3, -0.25) is 4.90 Å². The number of nitrogens with zero attached hydrogens (tertiary/aromatic N) is 8. The lowest BCUT2D eigenvalue weighted by atomic mass is 10.1. The summed E-state index contributed by atoms with van der Waals surface area (Å²) in [6, 6.07) is 12.4. The highest BCUT2D eigenvalue weighted by Gasteiger charge is 2.40. The number of piperazine rings is 1. The quantitative estimate of drug-likeness (QED) is 0.677. The average Bonchev–Trinajstić information content (AvgIpc) is 3.40. The van der Waals surface area contributed by atoms with Crippen molar-refractivity contribution >= 4 is 5.82 Å². The Balaban J connectivity index is 1.33. The number of nitriles is 1. The van der Waals surface area contributed by atoms with E-state index in [9.17, 15) is 9.65 Å². The molecule has 0 spiro atoms. The second-order valence-corrected chi connectivity index (χ2v) is 7.33. The van der Waals surface area contributed by atoms with Gasteiger partial charge in [-0.05, 0) is 42.3 Å². The predicted octanol–water partition coefficient (Wildman–Crippen LogP) is 2.09. The Morgan fingerprint density at radius 3 is 2.93 bits per heavy atom. The largest absolute Gasteiger partial charge is 0.353 e. The first-order valence-corrected chi connectivity index (χ1v) is 9.64. The third kappa shape index (κ3) is 3.21. The molecule has 2 fully saturated rings. The molecule has 2 saturated heterocycles. The summed E-state index contributed by atoms with van der Waals surface area (Å²) in [6.45, 7) is 2.45. The van der Waals surface area contributed by atoms with Gasteiger partial charge in [0.05, 0.1) is 17.3 Å². The Bertz CT molecular complexity index is 1070. The van der Waals surface area contributed by atoms with Crippen LogP contribution in [0.5, 0.6) is 0 Å². The molecule has 0 bridgehead atoms. The minimum absolute atomic E-state index is 0.101. The molecule has 0 saturated carbocycles. The Labute approximate surface area is 167 Å². The number of anilines is 1. The number of fused-ring (bicyclic) bond motifs is 1. The van der Waals surface area contributed by atoms with E-state index in [1.165, 1.54) is 16.9 Å². The molecule has 1 aromatic carbocycles. The van der Waals surface area contributed by atoms with Gasteiger partial charge in [-0.15, -0.1) is 15.0 Å². The molecule has 0 unspecified atom stereocenters. The number of tetrazole rings is 1. The number of hydrogen-bond acceptors (Lipinski definition) is 7. The fourth-order valence-electron chi connectivity index (χ4n) is 4.33. The van der Waals surface area contributed by atoms with Crippen LogP contribution in [0.25, 0.3) is 5.69 Å². The molecule has 0 amide bonds. The fourth-order valence-corrected chi connectivity index (χ4v) is 4.33. The zero-order valence-electron chi connectivity index (χ0n) is 15.7. The highest BCUT2D eigenvalue weighted by atomic mass is 19.1. The van der Waals surface area contributed by atoms with E-state index >= 15 is 0 Å². The van der Waals surface area contributed by atoms with Crippen molar-refractivity contribution < 1.29 is 4.39 Å². The van der Waals surface area contributed by atoms with E-state index in [0.717, 1.165) is 38.3 Å². The molecule has 29 heavy (non-hydrogen) atoms. The summed E-state index contributed by atoms with van der Waals surface area (Å²) in [6.07, 6.45) is 3.69. The molecule has 146 valence electrons. The molecule has 3 aromatic rings. The number of rotatable bonds is 3. The van der Waals surface area contributed by atoms with Gasteiger partial charge in [0.1, 0.15) is 17.7 Å². The Kier molecular flexibility index (Phi) is 4.41. The van der Waals surface area contributed by atoms with Crippen LogP contribution in [0.15, 0.2) is 42.6 Å². The van der Waals surface area contributed by atoms with Crippen LogP contribution in [0.2, 0.25) is 0 Å². The second-order valence-electron chi connectivity index (χ2n) is 7.33. The fraction of sp³-hybridized carbons (Fsp3) is 0.350. The van der Waals surface area contributed by atoms with E-state index in [1.54, 1.807) is 30.5 Å². The third-order valence-corrected chi connectivity index (χ3v) is 5.67. The average molecular weight is 390 g/mol. The normalized spacial score (nSPS) is 21.7. The van der Waals surface area contributed by atoms with Gasteiger partial charge in [0.25, 0.3) is 0 Å². The van der Waals surface area contributed by atoms with Crippen molar-refractivity contribution in [2.75, 3.05) is 24.5 Å². The lowest BCUT2D eigenvalue weighted by Crippen LogP contribution is -2.51. The zero-order chi connectivity index (χ0) is 19.8. The van der Waals surface area contributed by atoms with E-state index in [0.29, 0.717) is 23.1 Å². The number of benzene rings is 1. The van der Waals surface area contributed by atoms with E-state index in [4.69, 9.17) is 0 Å². The summed E-state index contributed by atoms with van der Waals surface area (Å²) in [5.74, 6) is 1.10. The Hall–Kier alpha value is -3.38. The van der Waals surface area contributed by atoms with Crippen LogP contribution in [0.4, 0.5) is 10.2 Å². The van der Waals surface area contributed by atoms with Gasteiger partial charge in [0, 0.05) is 37.9 Å². The first kappa shape index (κ1) is 17.7. The van der Waals surface area contributed by atoms with Crippen LogP contribution in [0.1, 0.15) is 30.3 Å². The van der Waals surface area contributed by atoms with E-state index in [1.807, 2.05) is 0 Å². The highest BCUT2D eigenvalue weighted by molar-refractivity contribution is 5.54. The van der Waals surface area contributed by atoms with Crippen LogP contribution in [0, 0.1) is 17.1 Å². The minimum atomic E-state index is -0.329. The van der Waals surface area contributed by atoms with Gasteiger partial charge < -0.3 is 4.90 Å². The summed E-state index contributed by atoms with van der Waals surface area (Å²) in [5.41, 5.74) is 1.16. The predicted molar refractivity (Wildman–Crippen MR) is 103 cm³/mol. The van der Waals surface area contributed by atoms with Crippen LogP contribution < -0.4 is 4.90 Å². The summed E-state index contributed by atoms with van der Waals surface area (Å²) >= 11 is 0. The molecular weight excluding hydrogens is 371 g/mol. The molecule has 8 nitrogen and oxygen atoms in total. The van der Waals surface area contributed by atoms with Gasteiger partial charge in [-0.25, -0.2) is 9.37 Å². The molecule has 5 rings (SSSR count). The van der Waals surface area contributed by atoms with Crippen molar-refractivity contribution in [3.05, 3.63) is 59.8 Å². The molecule has 0 N–H and O–H groups in total. The number of aromatic nitrogens is 5. The monoisotopic (exact) mass is 390 g/mol. The maximum Gasteiger partial charge on any atom is 0.192 e. The van der Waals surface area contributed by atoms with Gasteiger partial charge >= 0.3 is 0 Å². The maximum absolute atomic E-state index is 13.5. The Morgan fingerprint density at radius 1 is 1.14 bits per heavy atom. The van der Waals surface area contributed by atoms with E-state index < -0.39 is 0 Å². The topological polar surface area (TPSA) is 86.8 Å². The van der Waals surface area contributed by atoms with Crippen molar-refractivity contribution in [1.82, 2.24) is 30.1 Å². The summed E-state index contributed by atoms with van der Waals surface area (Å²) in [5, 5.41) is 22.2. The highest BCUT2D eigenvalue weighted by Crippen LogP contribution is 2.37. The van der Waals surface area contributed by atoms with Crippen molar-refractivity contribution in [3.8, 4) is 11.8 Å². The number of pyridine rings is 1. The summed E-state index contributed by atoms with van der Waals surface area (Å²) < 4.78 is 13.5. The third-order valence-electron chi connectivity index (χ3n) is 5.67. The van der Waals surface area contributed by atoms with Crippen LogP contribution in [0.3, 0.4) is 0 Å². The Morgan fingerprint density at radius 2 is 2.07 bits per heavy atom. The summed E-state index contributed by atoms with van der Waals surface area (Å²) in [7, 11) is 0. The SMILES string of the molecule is N#Cc1cccnc1N1CCN2[C@@H](CC[C@@H]2c2nnn(-c3cccc(F)c3)n2)C1. The molecule has 0 radical (unpaired) electrons. The summed E-state index contributed by atoms with van der Waals surface area (Å²) in [4.78, 5) is 10.4. The number of hydrogen-bond donors (Lipinski definition) is 0. The van der Waals surface area contributed by atoms with Gasteiger partial charge in [-0.2, -0.15) is 5.26 Å². The molecule has 0 aliphatic carbocycles.